The molecular weight excluding hydrogens is 407 g/mol. The lowest BCUT2D eigenvalue weighted by atomic mass is 10.2. The van der Waals surface area contributed by atoms with Crippen molar-refractivity contribution in [1.29, 1.82) is 0 Å². The van der Waals surface area contributed by atoms with E-state index < -0.39 is 17.8 Å². The van der Waals surface area contributed by atoms with E-state index in [1.54, 1.807) is 24.3 Å². The molecule has 2 N–H and O–H groups in total. The van der Waals surface area contributed by atoms with Crippen LogP contribution in [0.3, 0.4) is 0 Å². The minimum atomic E-state index is -4.55. The zero-order chi connectivity index (χ0) is 20.6. The zero-order valence-electron chi connectivity index (χ0n) is 14.7. The highest BCUT2D eigenvalue weighted by Gasteiger charge is 2.33. The first-order chi connectivity index (χ1) is 13.8. The molecule has 148 valence electrons. The van der Waals surface area contributed by atoms with Crippen molar-refractivity contribution in [2.45, 2.75) is 12.7 Å². The molecule has 2 aromatic carbocycles. The fourth-order valence-corrected chi connectivity index (χ4v) is 3.04. The molecule has 2 aromatic heterocycles. The normalized spacial score (nSPS) is 11.7. The third-order valence-electron chi connectivity index (χ3n) is 4.13. The van der Waals surface area contributed by atoms with E-state index >= 15 is 0 Å². The molecular formula is C19H13ClF3N5O. The van der Waals surface area contributed by atoms with Crippen LogP contribution in [0.4, 0.5) is 18.9 Å². The molecule has 0 saturated heterocycles. The molecule has 0 unspecified atom stereocenters. The maximum atomic E-state index is 12.6. The number of nitrogens with one attached hydrogen (secondary N) is 2. The number of fused-ring (bicyclic) bond motifs is 1. The Kier molecular flexibility index (Phi) is 4.75. The quantitative estimate of drug-likeness (QED) is 0.502. The van der Waals surface area contributed by atoms with Gasteiger partial charge in [-0.2, -0.15) is 18.3 Å². The van der Waals surface area contributed by atoms with Crippen molar-refractivity contribution in [3.63, 3.8) is 0 Å². The number of carbonyl (C=O) groups excluding carboxylic acids is 1. The lowest BCUT2D eigenvalue weighted by Gasteiger charge is -2.06. The molecule has 0 atom stereocenters. The predicted octanol–water partition coefficient (Wildman–Crippen LogP) is 4.74. The summed E-state index contributed by atoms with van der Waals surface area (Å²) in [6, 6.07) is 13.1. The van der Waals surface area contributed by atoms with E-state index in [2.05, 4.69) is 20.4 Å². The number of benzene rings is 2. The number of hydrogen-bond donors (Lipinski definition) is 2. The van der Waals surface area contributed by atoms with Gasteiger partial charge in [-0.05, 0) is 36.4 Å². The number of alkyl halides is 3. The number of imidazole rings is 1. The Bertz CT molecular complexity index is 1200. The van der Waals surface area contributed by atoms with Gasteiger partial charge in [0.15, 0.2) is 5.69 Å². The Morgan fingerprint density at radius 2 is 1.97 bits per heavy atom. The van der Waals surface area contributed by atoms with Gasteiger partial charge in [0, 0.05) is 17.4 Å². The van der Waals surface area contributed by atoms with Crippen LogP contribution < -0.4 is 5.32 Å². The number of hydrogen-bond acceptors (Lipinski definition) is 3. The molecule has 0 saturated carbocycles. The van der Waals surface area contributed by atoms with Crippen LogP contribution in [0.5, 0.6) is 0 Å². The molecule has 4 rings (SSSR count). The van der Waals surface area contributed by atoms with Crippen LogP contribution >= 0.6 is 11.6 Å². The molecule has 0 bridgehead atoms. The number of anilines is 1. The first-order valence-corrected chi connectivity index (χ1v) is 8.82. The van der Waals surface area contributed by atoms with E-state index in [9.17, 15) is 18.0 Å². The highest BCUT2D eigenvalue weighted by atomic mass is 35.5. The van der Waals surface area contributed by atoms with E-state index in [0.29, 0.717) is 27.6 Å². The summed E-state index contributed by atoms with van der Waals surface area (Å²) in [7, 11) is 0. The minimum Gasteiger partial charge on any atom is -0.338 e. The van der Waals surface area contributed by atoms with Crippen LogP contribution in [0, 0.1) is 0 Å². The molecule has 4 aromatic rings. The maximum absolute atomic E-state index is 12.6. The first-order valence-electron chi connectivity index (χ1n) is 8.45. The van der Waals surface area contributed by atoms with Crippen molar-refractivity contribution < 1.29 is 18.0 Å². The predicted molar refractivity (Wildman–Crippen MR) is 102 cm³/mol. The summed E-state index contributed by atoms with van der Waals surface area (Å²) in [6.45, 7) is -0.345. The van der Waals surface area contributed by atoms with Gasteiger partial charge in [-0.1, -0.05) is 23.7 Å². The summed E-state index contributed by atoms with van der Waals surface area (Å²) >= 11 is 6.20. The van der Waals surface area contributed by atoms with Gasteiger partial charge in [-0.15, -0.1) is 0 Å². The second kappa shape index (κ2) is 7.25. The van der Waals surface area contributed by atoms with Crippen molar-refractivity contribution >= 4 is 34.2 Å². The van der Waals surface area contributed by atoms with E-state index in [1.807, 2.05) is 18.2 Å². The zero-order valence-corrected chi connectivity index (χ0v) is 15.4. The minimum absolute atomic E-state index is 0.345. The topological polar surface area (TPSA) is 75.6 Å². The van der Waals surface area contributed by atoms with Gasteiger partial charge in [-0.25, -0.2) is 4.98 Å². The number of carbonyl (C=O) groups is 1. The average Bonchev–Trinajstić information content (AvgIpc) is 3.28. The molecule has 6 nitrogen and oxygen atoms in total. The molecule has 0 aliphatic heterocycles. The van der Waals surface area contributed by atoms with Crippen LogP contribution in [0.15, 0.2) is 54.7 Å². The summed E-state index contributed by atoms with van der Waals surface area (Å²) in [5.74, 6) is 0.0808. The Balaban J connectivity index is 1.50. The summed E-state index contributed by atoms with van der Waals surface area (Å²) in [5.41, 5.74) is 1.53. The molecule has 10 heteroatoms. The van der Waals surface area contributed by atoms with Crippen LogP contribution in [-0.2, 0) is 17.5 Å². The van der Waals surface area contributed by atoms with Crippen molar-refractivity contribution in [2.24, 2.45) is 0 Å². The highest BCUT2D eigenvalue weighted by Crippen LogP contribution is 2.28. The van der Waals surface area contributed by atoms with Gasteiger partial charge >= 0.3 is 6.18 Å². The smallest absolute Gasteiger partial charge is 0.338 e. The Morgan fingerprint density at radius 1 is 1.17 bits per heavy atom. The van der Waals surface area contributed by atoms with E-state index in [1.165, 1.54) is 0 Å². The summed E-state index contributed by atoms with van der Waals surface area (Å²) in [6.07, 6.45) is -3.44. The number of rotatable bonds is 4. The molecule has 0 aliphatic carbocycles. The van der Waals surface area contributed by atoms with E-state index in [0.717, 1.165) is 22.5 Å². The largest absolute Gasteiger partial charge is 0.435 e. The standard InChI is InChI=1S/C19H13ClF3N5O/c20-13-4-2-1-3-12(13)18-25-14-6-5-11(9-15(14)26-18)24-17(29)10-28-8-7-16(27-28)19(21,22)23/h1-9H,10H2,(H,24,29)(H,25,26). The fraction of sp³-hybridized carbons (Fsp3) is 0.105. The first kappa shape index (κ1) is 19.0. The van der Waals surface area contributed by atoms with Crippen LogP contribution in [-0.4, -0.2) is 25.7 Å². The molecule has 0 aliphatic rings. The van der Waals surface area contributed by atoms with Crippen LogP contribution in [0.25, 0.3) is 22.4 Å². The number of aromatic amines is 1. The van der Waals surface area contributed by atoms with E-state index in [4.69, 9.17) is 11.6 Å². The van der Waals surface area contributed by atoms with Crippen LogP contribution in [0.2, 0.25) is 5.02 Å². The third kappa shape index (κ3) is 4.09. The Morgan fingerprint density at radius 3 is 2.69 bits per heavy atom. The average molecular weight is 420 g/mol. The summed E-state index contributed by atoms with van der Waals surface area (Å²) in [4.78, 5) is 19.8. The molecule has 1 amide bonds. The van der Waals surface area contributed by atoms with Gasteiger partial charge < -0.3 is 10.3 Å². The van der Waals surface area contributed by atoms with Crippen molar-refractivity contribution in [1.82, 2.24) is 19.7 Å². The number of nitrogens with zero attached hydrogens (tertiary/aromatic N) is 3. The highest BCUT2D eigenvalue weighted by molar-refractivity contribution is 6.33. The van der Waals surface area contributed by atoms with Crippen molar-refractivity contribution in [3.05, 3.63) is 65.4 Å². The summed E-state index contributed by atoms with van der Waals surface area (Å²) < 4.78 is 38.7. The number of H-pyrrole nitrogens is 1. The summed E-state index contributed by atoms with van der Waals surface area (Å²) in [5, 5.41) is 6.55. The number of aromatic nitrogens is 4. The monoisotopic (exact) mass is 419 g/mol. The lowest BCUT2D eigenvalue weighted by molar-refractivity contribution is -0.141. The van der Waals surface area contributed by atoms with Gasteiger partial charge in [0.05, 0.1) is 16.1 Å². The molecule has 0 spiro atoms. The maximum Gasteiger partial charge on any atom is 0.435 e. The van der Waals surface area contributed by atoms with Crippen molar-refractivity contribution in [2.75, 3.05) is 5.32 Å². The van der Waals surface area contributed by atoms with Gasteiger partial charge in [-0.3, -0.25) is 9.48 Å². The second-order valence-corrected chi connectivity index (χ2v) is 6.65. The second-order valence-electron chi connectivity index (χ2n) is 6.24. The van der Waals surface area contributed by atoms with Gasteiger partial charge in [0.1, 0.15) is 12.4 Å². The Hall–Kier alpha value is -3.33. The van der Waals surface area contributed by atoms with Gasteiger partial charge in [0.25, 0.3) is 0 Å². The Labute approximate surface area is 167 Å². The molecule has 0 fully saturated rings. The number of amides is 1. The molecule has 29 heavy (non-hydrogen) atoms. The third-order valence-corrected chi connectivity index (χ3v) is 4.46. The van der Waals surface area contributed by atoms with Gasteiger partial charge in [0.2, 0.25) is 5.91 Å². The lowest BCUT2D eigenvalue weighted by Crippen LogP contribution is -2.19. The molecule has 0 radical (unpaired) electrons. The van der Waals surface area contributed by atoms with Crippen molar-refractivity contribution in [3.8, 4) is 11.4 Å². The van der Waals surface area contributed by atoms with E-state index in [-0.39, 0.29) is 6.54 Å². The molecule has 2 heterocycles. The van der Waals surface area contributed by atoms with Crippen LogP contribution in [0.1, 0.15) is 5.69 Å². The fourth-order valence-electron chi connectivity index (χ4n) is 2.82. The number of halogens is 4. The SMILES string of the molecule is O=C(Cn1ccc(C(F)(F)F)n1)Nc1ccc2nc(-c3ccccc3Cl)[nH]c2c1.